The second-order valence-electron chi connectivity index (χ2n) is 5.18. The average Bonchev–Trinajstić information content (AvgIpc) is 3.08. The maximum Gasteiger partial charge on any atom is 0.231 e. The van der Waals surface area contributed by atoms with Crippen molar-refractivity contribution in [2.75, 3.05) is 20.2 Å². The summed E-state index contributed by atoms with van der Waals surface area (Å²) in [7, 11) is 1.60. The van der Waals surface area contributed by atoms with E-state index in [1.807, 2.05) is 12.1 Å². The fraction of sp³-hybridized carbons (Fsp3) is 0.500. The molecule has 1 saturated heterocycles. The van der Waals surface area contributed by atoms with E-state index in [9.17, 15) is 0 Å². The molecule has 1 fully saturated rings. The lowest BCUT2D eigenvalue weighted by Gasteiger charge is -2.07. The molecule has 3 rings (SSSR count). The highest BCUT2D eigenvalue weighted by Crippen LogP contribution is 2.26. The Morgan fingerprint density at radius 3 is 2.95 bits per heavy atom. The van der Waals surface area contributed by atoms with Gasteiger partial charge >= 0.3 is 0 Å². The molecule has 2 aromatic rings. The maximum absolute atomic E-state index is 5.39. The Morgan fingerprint density at radius 2 is 2.30 bits per heavy atom. The second kappa shape index (κ2) is 5.58. The number of nitrogens with zero attached hydrogens (tertiary/aromatic N) is 3. The van der Waals surface area contributed by atoms with E-state index in [1.54, 1.807) is 13.3 Å². The monoisotopic (exact) mass is 274 g/mol. The topological polar surface area (TPSA) is 73.1 Å². The highest BCUT2D eigenvalue weighted by atomic mass is 16.5. The Hall–Kier alpha value is -1.95. The summed E-state index contributed by atoms with van der Waals surface area (Å²) in [4.78, 5) is 8.67. The van der Waals surface area contributed by atoms with Gasteiger partial charge in [0.25, 0.3) is 0 Å². The van der Waals surface area contributed by atoms with Crippen molar-refractivity contribution in [3.8, 4) is 5.88 Å². The van der Waals surface area contributed by atoms with Crippen molar-refractivity contribution in [1.82, 2.24) is 20.4 Å². The van der Waals surface area contributed by atoms with Crippen LogP contribution in [0.15, 0.2) is 22.9 Å². The van der Waals surface area contributed by atoms with Gasteiger partial charge in [-0.2, -0.15) is 4.98 Å². The van der Waals surface area contributed by atoms with Crippen molar-refractivity contribution in [2.24, 2.45) is 5.92 Å². The molecular weight excluding hydrogens is 256 g/mol. The van der Waals surface area contributed by atoms with Crippen molar-refractivity contribution in [2.45, 2.75) is 19.3 Å². The Labute approximate surface area is 117 Å². The predicted octanol–water partition coefficient (Wildman–Crippen LogP) is 1.39. The molecule has 0 unspecified atom stereocenters. The molecule has 0 aromatic carbocycles. The number of methoxy groups -OCH3 is 1. The van der Waals surface area contributed by atoms with Gasteiger partial charge in [-0.25, -0.2) is 4.98 Å². The average molecular weight is 274 g/mol. The van der Waals surface area contributed by atoms with E-state index in [4.69, 9.17) is 9.26 Å². The van der Waals surface area contributed by atoms with E-state index in [0.717, 1.165) is 24.5 Å². The highest BCUT2D eigenvalue weighted by molar-refractivity contribution is 5.20. The molecule has 0 spiro atoms. The van der Waals surface area contributed by atoms with Gasteiger partial charge < -0.3 is 14.6 Å². The minimum Gasteiger partial charge on any atom is -0.481 e. The van der Waals surface area contributed by atoms with Gasteiger partial charge in [-0.05, 0) is 18.0 Å². The minimum absolute atomic E-state index is 0.324. The molecule has 0 radical (unpaired) electrons. The number of hydrogen-bond donors (Lipinski definition) is 1. The molecule has 0 amide bonds. The van der Waals surface area contributed by atoms with Crippen molar-refractivity contribution in [3.63, 3.8) is 0 Å². The summed E-state index contributed by atoms with van der Waals surface area (Å²) >= 11 is 0. The van der Waals surface area contributed by atoms with Crippen LogP contribution in [-0.2, 0) is 6.42 Å². The van der Waals surface area contributed by atoms with Crippen LogP contribution >= 0.6 is 0 Å². The lowest BCUT2D eigenvalue weighted by Crippen LogP contribution is -2.08. The molecule has 0 saturated carbocycles. The van der Waals surface area contributed by atoms with E-state index in [0.29, 0.717) is 30.0 Å². The van der Waals surface area contributed by atoms with Gasteiger partial charge in [-0.3, -0.25) is 0 Å². The standard InChI is InChI=1S/C14H18N4O2/c1-9-6-15-8-11(9)14-17-12(18-20-14)5-10-3-4-13(19-2)16-7-10/h3-4,7,9,11,15H,5-6,8H2,1-2H3/t9-,11-/m1/s1. The number of nitrogens with one attached hydrogen (secondary N) is 1. The molecule has 20 heavy (non-hydrogen) atoms. The normalized spacial score (nSPS) is 22.1. The van der Waals surface area contributed by atoms with Gasteiger partial charge in [0.15, 0.2) is 5.82 Å². The summed E-state index contributed by atoms with van der Waals surface area (Å²) in [6.07, 6.45) is 2.39. The summed E-state index contributed by atoms with van der Waals surface area (Å²) in [6.45, 7) is 4.11. The summed E-state index contributed by atoms with van der Waals surface area (Å²) in [5.41, 5.74) is 1.04. The van der Waals surface area contributed by atoms with Crippen molar-refractivity contribution >= 4 is 0 Å². The third-order valence-electron chi connectivity index (χ3n) is 3.69. The number of pyridine rings is 1. The van der Waals surface area contributed by atoms with Crippen LogP contribution in [0.1, 0.15) is 30.1 Å². The van der Waals surface area contributed by atoms with Crippen molar-refractivity contribution < 1.29 is 9.26 Å². The number of ether oxygens (including phenoxy) is 1. The Morgan fingerprint density at radius 1 is 1.40 bits per heavy atom. The van der Waals surface area contributed by atoms with Gasteiger partial charge in [0.2, 0.25) is 11.8 Å². The van der Waals surface area contributed by atoms with E-state index in [-0.39, 0.29) is 0 Å². The van der Waals surface area contributed by atoms with Crippen LogP contribution < -0.4 is 10.1 Å². The van der Waals surface area contributed by atoms with Gasteiger partial charge in [-0.15, -0.1) is 0 Å². The first kappa shape index (κ1) is 13.1. The van der Waals surface area contributed by atoms with Gasteiger partial charge in [-0.1, -0.05) is 18.1 Å². The fourth-order valence-electron chi connectivity index (χ4n) is 2.45. The molecule has 0 bridgehead atoms. The summed E-state index contributed by atoms with van der Waals surface area (Å²) < 4.78 is 10.4. The Balaban J connectivity index is 1.70. The van der Waals surface area contributed by atoms with E-state index in [2.05, 4.69) is 27.4 Å². The van der Waals surface area contributed by atoms with Crippen molar-refractivity contribution in [1.29, 1.82) is 0 Å². The van der Waals surface area contributed by atoms with E-state index in [1.165, 1.54) is 0 Å². The second-order valence-corrected chi connectivity index (χ2v) is 5.18. The predicted molar refractivity (Wildman–Crippen MR) is 72.7 cm³/mol. The molecule has 6 heteroatoms. The van der Waals surface area contributed by atoms with Crippen LogP contribution in [0.4, 0.5) is 0 Å². The highest BCUT2D eigenvalue weighted by Gasteiger charge is 2.29. The van der Waals surface area contributed by atoms with E-state index >= 15 is 0 Å². The number of aromatic nitrogens is 3. The van der Waals surface area contributed by atoms with Crippen LogP contribution in [0.5, 0.6) is 5.88 Å². The van der Waals surface area contributed by atoms with Crippen LogP contribution in [0, 0.1) is 5.92 Å². The molecular formula is C14H18N4O2. The molecule has 1 N–H and O–H groups in total. The molecule has 106 valence electrons. The van der Waals surface area contributed by atoms with Gasteiger partial charge in [0.05, 0.1) is 13.0 Å². The first-order valence-electron chi connectivity index (χ1n) is 6.78. The molecule has 3 heterocycles. The van der Waals surface area contributed by atoms with Gasteiger partial charge in [0.1, 0.15) is 0 Å². The summed E-state index contributed by atoms with van der Waals surface area (Å²) in [5, 5.41) is 7.40. The molecule has 6 nitrogen and oxygen atoms in total. The molecule has 2 aromatic heterocycles. The van der Waals surface area contributed by atoms with Crippen LogP contribution in [0.25, 0.3) is 0 Å². The first-order valence-corrected chi connectivity index (χ1v) is 6.78. The lowest BCUT2D eigenvalue weighted by molar-refractivity contribution is 0.337. The van der Waals surface area contributed by atoms with Crippen molar-refractivity contribution in [3.05, 3.63) is 35.6 Å². The SMILES string of the molecule is COc1ccc(Cc2noc([C@@H]3CNC[C@H]3C)n2)cn1. The zero-order chi connectivity index (χ0) is 13.9. The van der Waals surface area contributed by atoms with Crippen LogP contribution in [-0.4, -0.2) is 35.3 Å². The molecule has 1 aliphatic rings. The van der Waals surface area contributed by atoms with Gasteiger partial charge in [0, 0.05) is 25.2 Å². The third-order valence-corrected chi connectivity index (χ3v) is 3.69. The summed E-state index contributed by atoms with van der Waals surface area (Å²) in [6, 6.07) is 3.79. The zero-order valence-corrected chi connectivity index (χ0v) is 11.7. The zero-order valence-electron chi connectivity index (χ0n) is 11.7. The smallest absolute Gasteiger partial charge is 0.231 e. The third kappa shape index (κ3) is 2.65. The number of hydrogen-bond acceptors (Lipinski definition) is 6. The first-order chi connectivity index (χ1) is 9.76. The quantitative estimate of drug-likeness (QED) is 0.908. The minimum atomic E-state index is 0.324. The largest absolute Gasteiger partial charge is 0.481 e. The van der Waals surface area contributed by atoms with Crippen LogP contribution in [0.2, 0.25) is 0 Å². The molecule has 1 aliphatic heterocycles. The molecule has 0 aliphatic carbocycles. The van der Waals surface area contributed by atoms with Crippen LogP contribution in [0.3, 0.4) is 0 Å². The number of rotatable bonds is 4. The lowest BCUT2D eigenvalue weighted by atomic mass is 9.98. The summed E-state index contributed by atoms with van der Waals surface area (Å²) in [5.74, 6) is 2.90. The Bertz CT molecular complexity index is 567. The molecule has 2 atom stereocenters. The maximum atomic E-state index is 5.39. The van der Waals surface area contributed by atoms with E-state index < -0.39 is 0 Å². The Kier molecular flexibility index (Phi) is 3.64. The fourth-order valence-corrected chi connectivity index (χ4v) is 2.45.